The molecule has 1 aromatic carbocycles. The third kappa shape index (κ3) is 2.84. The fourth-order valence-electron chi connectivity index (χ4n) is 1.01. The SMILES string of the molecule is CC(=O)c1cc(C(F)(F)F)cc(I)c1Cl. The van der Waals surface area contributed by atoms with Gasteiger partial charge in [-0.15, -0.1) is 0 Å². The van der Waals surface area contributed by atoms with Crippen molar-refractivity contribution in [1.82, 2.24) is 0 Å². The summed E-state index contributed by atoms with van der Waals surface area (Å²) in [5.74, 6) is -0.482. The number of alkyl halides is 3. The fourth-order valence-corrected chi connectivity index (χ4v) is 1.88. The largest absolute Gasteiger partial charge is 0.416 e. The second-order valence-electron chi connectivity index (χ2n) is 2.87. The summed E-state index contributed by atoms with van der Waals surface area (Å²) in [6.07, 6.45) is -4.46. The molecule has 1 rings (SSSR count). The van der Waals surface area contributed by atoms with Crippen molar-refractivity contribution < 1.29 is 18.0 Å². The monoisotopic (exact) mass is 348 g/mol. The summed E-state index contributed by atoms with van der Waals surface area (Å²) in [5.41, 5.74) is -0.961. The third-order valence-electron chi connectivity index (χ3n) is 1.73. The molecule has 0 aliphatic heterocycles. The zero-order valence-corrected chi connectivity index (χ0v) is 10.4. The highest BCUT2D eigenvalue weighted by Gasteiger charge is 2.32. The molecule has 0 bridgehead atoms. The number of carbonyl (C=O) groups excluding carboxylic acids is 1. The summed E-state index contributed by atoms with van der Waals surface area (Å²) in [4.78, 5) is 11.0. The van der Waals surface area contributed by atoms with E-state index in [0.717, 1.165) is 12.1 Å². The van der Waals surface area contributed by atoms with Crippen LogP contribution < -0.4 is 0 Å². The summed E-state index contributed by atoms with van der Waals surface area (Å²) in [7, 11) is 0. The van der Waals surface area contributed by atoms with Crippen LogP contribution in [0.15, 0.2) is 12.1 Å². The molecule has 82 valence electrons. The van der Waals surface area contributed by atoms with E-state index in [1.165, 1.54) is 6.92 Å². The van der Waals surface area contributed by atoms with Crippen LogP contribution in [0.1, 0.15) is 22.8 Å². The van der Waals surface area contributed by atoms with Crippen LogP contribution in [0.4, 0.5) is 13.2 Å². The Hall–Kier alpha value is -0.300. The van der Waals surface area contributed by atoms with E-state index in [1.54, 1.807) is 22.6 Å². The smallest absolute Gasteiger partial charge is 0.294 e. The van der Waals surface area contributed by atoms with Crippen LogP contribution in [-0.2, 0) is 6.18 Å². The highest BCUT2D eigenvalue weighted by molar-refractivity contribution is 14.1. The van der Waals surface area contributed by atoms with Gasteiger partial charge >= 0.3 is 6.18 Å². The first-order valence-electron chi connectivity index (χ1n) is 3.80. The maximum absolute atomic E-state index is 12.4. The summed E-state index contributed by atoms with van der Waals surface area (Å²) in [5, 5.41) is 0.0658. The van der Waals surface area contributed by atoms with E-state index >= 15 is 0 Å². The summed E-state index contributed by atoms with van der Waals surface area (Å²) in [6.45, 7) is 1.18. The molecular formula is C9H5ClF3IO. The molecule has 0 aliphatic carbocycles. The van der Waals surface area contributed by atoms with Gasteiger partial charge in [-0.3, -0.25) is 4.79 Å². The third-order valence-corrected chi connectivity index (χ3v) is 3.31. The molecule has 0 radical (unpaired) electrons. The van der Waals surface area contributed by atoms with Crippen molar-refractivity contribution in [3.05, 3.63) is 31.9 Å². The molecule has 0 aliphatic rings. The minimum Gasteiger partial charge on any atom is -0.294 e. The first kappa shape index (κ1) is 12.8. The summed E-state index contributed by atoms with van der Waals surface area (Å²) >= 11 is 7.38. The molecule has 0 amide bonds. The highest BCUT2D eigenvalue weighted by Crippen LogP contribution is 2.34. The molecular weight excluding hydrogens is 343 g/mol. The number of halogens is 5. The number of rotatable bonds is 1. The highest BCUT2D eigenvalue weighted by atomic mass is 127. The van der Waals surface area contributed by atoms with Gasteiger partial charge in [-0.2, -0.15) is 13.2 Å². The van der Waals surface area contributed by atoms with Crippen LogP contribution in [0.25, 0.3) is 0 Å². The maximum Gasteiger partial charge on any atom is 0.416 e. The number of ketones is 1. The molecule has 0 aromatic heterocycles. The molecule has 0 saturated heterocycles. The maximum atomic E-state index is 12.4. The molecule has 1 aromatic rings. The normalized spacial score (nSPS) is 11.6. The van der Waals surface area contributed by atoms with Gasteiger partial charge in [0.05, 0.1) is 10.6 Å². The average Bonchev–Trinajstić information content (AvgIpc) is 2.06. The number of hydrogen-bond acceptors (Lipinski definition) is 1. The summed E-state index contributed by atoms with van der Waals surface area (Å²) < 4.78 is 37.4. The van der Waals surface area contributed by atoms with Crippen molar-refractivity contribution in [3.63, 3.8) is 0 Å². The van der Waals surface area contributed by atoms with E-state index < -0.39 is 17.5 Å². The molecule has 15 heavy (non-hydrogen) atoms. The molecule has 0 saturated carbocycles. The van der Waals surface area contributed by atoms with Crippen LogP contribution in [0.5, 0.6) is 0 Å². The number of hydrogen-bond donors (Lipinski definition) is 0. The van der Waals surface area contributed by atoms with E-state index in [2.05, 4.69) is 0 Å². The number of carbonyl (C=O) groups is 1. The molecule has 0 N–H and O–H groups in total. The van der Waals surface area contributed by atoms with Crippen molar-refractivity contribution >= 4 is 40.0 Å². The zero-order valence-electron chi connectivity index (χ0n) is 7.45. The lowest BCUT2D eigenvalue weighted by molar-refractivity contribution is -0.137. The van der Waals surface area contributed by atoms with Gasteiger partial charge in [-0.1, -0.05) is 11.6 Å². The van der Waals surface area contributed by atoms with Crippen LogP contribution >= 0.6 is 34.2 Å². The molecule has 1 nitrogen and oxygen atoms in total. The Labute approximate surface area is 103 Å². The van der Waals surface area contributed by atoms with E-state index in [9.17, 15) is 18.0 Å². The zero-order chi connectivity index (χ0) is 11.8. The first-order valence-corrected chi connectivity index (χ1v) is 5.26. The molecule has 0 spiro atoms. The Bertz CT molecular complexity index is 415. The Morgan fingerprint density at radius 3 is 2.33 bits per heavy atom. The fraction of sp³-hybridized carbons (Fsp3) is 0.222. The minimum atomic E-state index is -4.46. The quantitative estimate of drug-likeness (QED) is 0.550. The van der Waals surface area contributed by atoms with Gasteiger partial charge in [0.15, 0.2) is 5.78 Å². The van der Waals surface area contributed by atoms with Crippen molar-refractivity contribution in [1.29, 1.82) is 0 Å². The van der Waals surface area contributed by atoms with Gasteiger partial charge in [0.25, 0.3) is 0 Å². The standard InChI is InChI=1S/C9H5ClF3IO/c1-4(15)6-2-5(9(11,12)13)3-7(14)8(6)10/h2-3H,1H3. The van der Waals surface area contributed by atoms with Crippen molar-refractivity contribution in [2.45, 2.75) is 13.1 Å². The predicted octanol–water partition coefficient (Wildman–Crippen LogP) is 4.17. The average molecular weight is 348 g/mol. The number of Topliss-reactive ketones (excluding diaryl/α,β-unsaturated/α-hetero) is 1. The van der Waals surface area contributed by atoms with E-state index in [4.69, 9.17) is 11.6 Å². The van der Waals surface area contributed by atoms with Gasteiger partial charge in [0.2, 0.25) is 0 Å². The van der Waals surface area contributed by atoms with E-state index in [0.29, 0.717) is 0 Å². The minimum absolute atomic E-state index is 0.0658. The Morgan fingerprint density at radius 1 is 1.40 bits per heavy atom. The van der Waals surface area contributed by atoms with Crippen LogP contribution in [0, 0.1) is 3.57 Å². The summed E-state index contributed by atoms with van der Waals surface area (Å²) in [6, 6.07) is 1.68. The second kappa shape index (κ2) is 4.29. The van der Waals surface area contributed by atoms with Gasteiger partial charge in [0, 0.05) is 9.13 Å². The van der Waals surface area contributed by atoms with E-state index in [-0.39, 0.29) is 14.2 Å². The van der Waals surface area contributed by atoms with Gasteiger partial charge in [0.1, 0.15) is 0 Å². The van der Waals surface area contributed by atoms with Crippen LogP contribution in [0.2, 0.25) is 5.02 Å². The Balaban J connectivity index is 3.43. The van der Waals surface area contributed by atoms with Crippen molar-refractivity contribution in [2.24, 2.45) is 0 Å². The van der Waals surface area contributed by atoms with Gasteiger partial charge in [-0.25, -0.2) is 0 Å². The van der Waals surface area contributed by atoms with E-state index in [1.807, 2.05) is 0 Å². The Kier molecular flexibility index (Phi) is 3.65. The molecule has 0 atom stereocenters. The van der Waals surface area contributed by atoms with Crippen molar-refractivity contribution in [2.75, 3.05) is 0 Å². The van der Waals surface area contributed by atoms with Gasteiger partial charge in [-0.05, 0) is 41.6 Å². The predicted molar refractivity (Wildman–Crippen MR) is 59.2 cm³/mol. The lowest BCUT2D eigenvalue weighted by atomic mass is 10.1. The lowest BCUT2D eigenvalue weighted by Gasteiger charge is -2.10. The van der Waals surface area contributed by atoms with Crippen LogP contribution in [0.3, 0.4) is 0 Å². The lowest BCUT2D eigenvalue weighted by Crippen LogP contribution is -2.08. The Morgan fingerprint density at radius 2 is 1.93 bits per heavy atom. The molecule has 0 unspecified atom stereocenters. The first-order chi connectivity index (χ1) is 6.73. The molecule has 6 heteroatoms. The van der Waals surface area contributed by atoms with Crippen LogP contribution in [-0.4, -0.2) is 5.78 Å². The van der Waals surface area contributed by atoms with Crippen molar-refractivity contribution in [3.8, 4) is 0 Å². The second-order valence-corrected chi connectivity index (χ2v) is 4.41. The molecule has 0 heterocycles. The molecule has 0 fully saturated rings. The van der Waals surface area contributed by atoms with Gasteiger partial charge < -0.3 is 0 Å². The topological polar surface area (TPSA) is 17.1 Å². The number of benzene rings is 1.